The van der Waals surface area contributed by atoms with Gasteiger partial charge >= 0.3 is 0 Å². The van der Waals surface area contributed by atoms with E-state index in [1.54, 1.807) is 27.9 Å². The molecule has 0 spiro atoms. The Labute approximate surface area is 169 Å². The first-order valence-corrected chi connectivity index (χ1v) is 9.54. The Bertz CT molecular complexity index is 1030. The molecule has 1 N–H and O–H groups in total. The van der Waals surface area contributed by atoms with Gasteiger partial charge in [0.25, 0.3) is 5.91 Å². The summed E-state index contributed by atoms with van der Waals surface area (Å²) in [6, 6.07) is 17.1. The maximum absolute atomic E-state index is 12.6. The second kappa shape index (κ2) is 8.14. The van der Waals surface area contributed by atoms with Crippen LogP contribution < -0.4 is 5.32 Å². The van der Waals surface area contributed by atoms with Crippen molar-refractivity contribution in [1.82, 2.24) is 20.0 Å². The van der Waals surface area contributed by atoms with Gasteiger partial charge in [0.1, 0.15) is 0 Å². The summed E-state index contributed by atoms with van der Waals surface area (Å²) in [6.07, 6.45) is 5.59. The number of amides is 2. The number of rotatable bonds is 5. The molecule has 6 heteroatoms. The molecule has 6 nitrogen and oxygen atoms in total. The molecule has 1 aliphatic heterocycles. The number of aromatic nitrogens is 2. The smallest absolute Gasteiger partial charge is 0.251 e. The molecular weight excluding hydrogens is 364 g/mol. The van der Waals surface area contributed by atoms with Gasteiger partial charge in [-0.25, -0.2) is 4.68 Å². The van der Waals surface area contributed by atoms with E-state index in [9.17, 15) is 9.59 Å². The fraction of sp³-hybridized carbons (Fsp3) is 0.174. The van der Waals surface area contributed by atoms with Crippen molar-refractivity contribution in [3.05, 3.63) is 96.3 Å². The van der Waals surface area contributed by atoms with E-state index >= 15 is 0 Å². The van der Waals surface area contributed by atoms with Crippen molar-refractivity contribution in [2.75, 3.05) is 6.54 Å². The number of fused-ring (bicyclic) bond motifs is 1. The van der Waals surface area contributed by atoms with E-state index in [0.717, 1.165) is 11.3 Å². The molecule has 2 heterocycles. The SMILES string of the molecule is C=CC(=O)N1Cc2ccccc2CC1CNC(=O)c1ccc(-n2cccn2)cc1. The number of hydrogen-bond acceptors (Lipinski definition) is 3. The molecule has 0 aliphatic carbocycles. The summed E-state index contributed by atoms with van der Waals surface area (Å²) in [5.74, 6) is -0.288. The van der Waals surface area contributed by atoms with Gasteiger partial charge in [0.2, 0.25) is 5.91 Å². The maximum Gasteiger partial charge on any atom is 0.251 e. The zero-order valence-corrected chi connectivity index (χ0v) is 16.0. The lowest BCUT2D eigenvalue weighted by Gasteiger charge is -2.36. The van der Waals surface area contributed by atoms with E-state index in [0.29, 0.717) is 25.1 Å². The van der Waals surface area contributed by atoms with Crippen molar-refractivity contribution in [1.29, 1.82) is 0 Å². The first kappa shape index (κ1) is 18.7. The van der Waals surface area contributed by atoms with Gasteiger partial charge in [0.15, 0.2) is 0 Å². The number of carbonyl (C=O) groups is 2. The molecule has 1 aliphatic rings. The summed E-state index contributed by atoms with van der Waals surface area (Å²) in [5, 5.41) is 7.15. The average Bonchev–Trinajstić information content (AvgIpc) is 3.31. The van der Waals surface area contributed by atoms with Crippen LogP contribution in [0.15, 0.2) is 79.6 Å². The van der Waals surface area contributed by atoms with Crippen LogP contribution in [0.1, 0.15) is 21.5 Å². The van der Waals surface area contributed by atoms with E-state index in [2.05, 4.69) is 23.1 Å². The summed E-state index contributed by atoms with van der Waals surface area (Å²) < 4.78 is 1.74. The zero-order chi connectivity index (χ0) is 20.2. The monoisotopic (exact) mass is 386 g/mol. The number of nitrogens with zero attached hydrogens (tertiary/aromatic N) is 3. The molecule has 2 amide bonds. The Morgan fingerprint density at radius 2 is 1.86 bits per heavy atom. The van der Waals surface area contributed by atoms with Crippen LogP contribution in [0.2, 0.25) is 0 Å². The van der Waals surface area contributed by atoms with Crippen LogP contribution in [0.5, 0.6) is 0 Å². The minimum Gasteiger partial charge on any atom is -0.350 e. The van der Waals surface area contributed by atoms with Crippen molar-refractivity contribution in [3.63, 3.8) is 0 Å². The molecule has 1 atom stereocenters. The maximum atomic E-state index is 12.6. The predicted molar refractivity (Wildman–Crippen MR) is 111 cm³/mol. The van der Waals surface area contributed by atoms with Crippen LogP contribution in [-0.4, -0.2) is 39.1 Å². The Balaban J connectivity index is 1.44. The lowest BCUT2D eigenvalue weighted by molar-refractivity contribution is -0.129. The quantitative estimate of drug-likeness (QED) is 0.686. The lowest BCUT2D eigenvalue weighted by atomic mass is 9.93. The highest BCUT2D eigenvalue weighted by atomic mass is 16.2. The number of carbonyl (C=O) groups excluding carboxylic acids is 2. The third-order valence-corrected chi connectivity index (χ3v) is 5.21. The van der Waals surface area contributed by atoms with E-state index in [1.807, 2.05) is 42.6 Å². The summed E-state index contributed by atoms with van der Waals surface area (Å²) in [7, 11) is 0. The fourth-order valence-corrected chi connectivity index (χ4v) is 3.64. The van der Waals surface area contributed by atoms with Crippen molar-refractivity contribution in [2.45, 2.75) is 19.0 Å². The first-order chi connectivity index (χ1) is 14.2. The standard InChI is InChI=1S/C23H22N4O2/c1-2-22(28)26-16-19-7-4-3-6-18(19)14-21(26)15-24-23(29)17-8-10-20(11-9-17)27-13-5-12-25-27/h2-13,21H,1,14-16H2,(H,24,29). The second-order valence-electron chi connectivity index (χ2n) is 7.00. The largest absolute Gasteiger partial charge is 0.350 e. The highest BCUT2D eigenvalue weighted by Gasteiger charge is 2.28. The minimum atomic E-state index is -0.165. The molecule has 0 bridgehead atoms. The van der Waals surface area contributed by atoms with Crippen LogP contribution in [0.25, 0.3) is 5.69 Å². The molecule has 0 saturated heterocycles. The van der Waals surface area contributed by atoms with Gasteiger partial charge < -0.3 is 10.2 Å². The third-order valence-electron chi connectivity index (χ3n) is 5.21. The van der Waals surface area contributed by atoms with Gasteiger partial charge in [-0.1, -0.05) is 30.8 Å². The van der Waals surface area contributed by atoms with E-state index in [4.69, 9.17) is 0 Å². The minimum absolute atomic E-state index is 0.109. The predicted octanol–water partition coefficient (Wildman–Crippen LogP) is 2.74. The number of benzene rings is 2. The highest BCUT2D eigenvalue weighted by Crippen LogP contribution is 2.23. The van der Waals surface area contributed by atoms with E-state index in [1.165, 1.54) is 11.6 Å². The molecule has 0 saturated carbocycles. The van der Waals surface area contributed by atoms with Gasteiger partial charge in [-0.3, -0.25) is 9.59 Å². The van der Waals surface area contributed by atoms with Gasteiger partial charge in [-0.05, 0) is 54.0 Å². The van der Waals surface area contributed by atoms with Crippen LogP contribution in [0, 0.1) is 0 Å². The fourth-order valence-electron chi connectivity index (χ4n) is 3.64. The average molecular weight is 386 g/mol. The second-order valence-corrected chi connectivity index (χ2v) is 7.00. The summed E-state index contributed by atoms with van der Waals surface area (Å²) in [5.41, 5.74) is 3.81. The van der Waals surface area contributed by atoms with Crippen molar-refractivity contribution >= 4 is 11.8 Å². The molecule has 0 fully saturated rings. The van der Waals surface area contributed by atoms with Gasteiger partial charge in [0, 0.05) is 31.0 Å². The zero-order valence-electron chi connectivity index (χ0n) is 16.0. The van der Waals surface area contributed by atoms with Crippen molar-refractivity contribution in [2.24, 2.45) is 0 Å². The Morgan fingerprint density at radius 3 is 2.55 bits per heavy atom. The molecule has 4 rings (SSSR count). The highest BCUT2D eigenvalue weighted by molar-refractivity contribution is 5.94. The molecule has 0 radical (unpaired) electrons. The van der Waals surface area contributed by atoms with Gasteiger partial charge in [0.05, 0.1) is 11.7 Å². The summed E-state index contributed by atoms with van der Waals surface area (Å²) >= 11 is 0. The first-order valence-electron chi connectivity index (χ1n) is 9.54. The molecular formula is C23H22N4O2. The van der Waals surface area contributed by atoms with Crippen LogP contribution in [0.3, 0.4) is 0 Å². The lowest BCUT2D eigenvalue weighted by Crippen LogP contribution is -2.49. The summed E-state index contributed by atoms with van der Waals surface area (Å²) in [4.78, 5) is 26.7. The Morgan fingerprint density at radius 1 is 1.10 bits per heavy atom. The van der Waals surface area contributed by atoms with Crippen LogP contribution in [0.4, 0.5) is 0 Å². The number of hydrogen-bond donors (Lipinski definition) is 1. The van der Waals surface area contributed by atoms with Crippen molar-refractivity contribution in [3.8, 4) is 5.69 Å². The normalized spacial score (nSPS) is 15.4. The molecule has 1 unspecified atom stereocenters. The van der Waals surface area contributed by atoms with Crippen LogP contribution in [-0.2, 0) is 17.8 Å². The molecule has 2 aromatic carbocycles. The molecule has 3 aromatic rings. The van der Waals surface area contributed by atoms with Gasteiger partial charge in [-0.15, -0.1) is 0 Å². The molecule has 29 heavy (non-hydrogen) atoms. The molecule has 146 valence electrons. The Hall–Kier alpha value is -3.67. The third kappa shape index (κ3) is 3.96. The molecule has 1 aromatic heterocycles. The van der Waals surface area contributed by atoms with E-state index in [-0.39, 0.29) is 17.9 Å². The van der Waals surface area contributed by atoms with Crippen LogP contribution >= 0.6 is 0 Å². The Kier molecular flexibility index (Phi) is 5.24. The van der Waals surface area contributed by atoms with E-state index < -0.39 is 0 Å². The van der Waals surface area contributed by atoms with Crippen molar-refractivity contribution < 1.29 is 9.59 Å². The summed E-state index contributed by atoms with van der Waals surface area (Å²) in [6.45, 7) is 4.52. The number of nitrogens with one attached hydrogen (secondary N) is 1. The van der Waals surface area contributed by atoms with Gasteiger partial charge in [-0.2, -0.15) is 5.10 Å². The topological polar surface area (TPSA) is 67.2 Å².